The molecule has 8 nitrogen and oxygen atoms in total. The summed E-state index contributed by atoms with van der Waals surface area (Å²) in [6.45, 7) is 3.33. The zero-order valence-electron chi connectivity index (χ0n) is 15.0. The zero-order chi connectivity index (χ0) is 20.3. The van der Waals surface area contributed by atoms with Crippen molar-refractivity contribution >= 4 is 45.3 Å². The number of nitro groups is 1. The summed E-state index contributed by atoms with van der Waals surface area (Å²) in [5, 5.41) is 18.4. The van der Waals surface area contributed by atoms with Crippen LogP contribution in [0.1, 0.15) is 20.8 Å². The number of anilines is 1. The summed E-state index contributed by atoms with van der Waals surface area (Å²) in [7, 11) is 0. The molecule has 2 N–H and O–H groups in total. The highest BCUT2D eigenvalue weighted by Gasteiger charge is 2.16. The third kappa shape index (κ3) is 4.59. The van der Waals surface area contributed by atoms with E-state index in [-0.39, 0.29) is 17.8 Å². The molecule has 0 atom stereocenters. The normalized spacial score (nSPS) is 10.5. The summed E-state index contributed by atoms with van der Waals surface area (Å²) in [6.07, 6.45) is 0. The number of nitrogens with zero attached hydrogens (tertiary/aromatic N) is 2. The van der Waals surface area contributed by atoms with Crippen LogP contribution < -0.4 is 10.6 Å². The van der Waals surface area contributed by atoms with E-state index in [1.165, 1.54) is 34.4 Å². The van der Waals surface area contributed by atoms with E-state index in [1.807, 2.05) is 24.4 Å². The van der Waals surface area contributed by atoms with Gasteiger partial charge in [-0.3, -0.25) is 19.7 Å². The Morgan fingerprint density at radius 1 is 1.21 bits per heavy atom. The lowest BCUT2D eigenvalue weighted by atomic mass is 10.1. The van der Waals surface area contributed by atoms with Gasteiger partial charge in [-0.2, -0.15) is 0 Å². The molecule has 3 rings (SSSR count). The number of carbonyl (C=O) groups is 2. The van der Waals surface area contributed by atoms with Gasteiger partial charge in [0.05, 0.1) is 22.0 Å². The van der Waals surface area contributed by atoms with Crippen molar-refractivity contribution in [2.24, 2.45) is 0 Å². The highest BCUT2D eigenvalue weighted by atomic mass is 32.1. The molecule has 28 heavy (non-hydrogen) atoms. The monoisotopic (exact) mass is 416 g/mol. The molecule has 0 fully saturated rings. The van der Waals surface area contributed by atoms with E-state index < -0.39 is 16.7 Å². The fourth-order valence-corrected chi connectivity index (χ4v) is 4.02. The van der Waals surface area contributed by atoms with Crippen molar-refractivity contribution in [3.63, 3.8) is 0 Å². The number of rotatable bonds is 6. The fourth-order valence-electron chi connectivity index (χ4n) is 2.39. The molecule has 2 aromatic heterocycles. The molecular formula is C18H16N4O4S2. The lowest BCUT2D eigenvalue weighted by Crippen LogP contribution is -2.32. The molecule has 2 heterocycles. The number of hydrogen-bond donors (Lipinski definition) is 2. The third-order valence-electron chi connectivity index (χ3n) is 3.82. The summed E-state index contributed by atoms with van der Waals surface area (Å²) in [4.78, 5) is 41.2. The molecule has 0 aliphatic heterocycles. The summed E-state index contributed by atoms with van der Waals surface area (Å²) < 4.78 is 0. The lowest BCUT2D eigenvalue weighted by molar-refractivity contribution is -0.385. The Hall–Kier alpha value is -3.11. The van der Waals surface area contributed by atoms with E-state index in [9.17, 15) is 19.7 Å². The first-order valence-corrected chi connectivity index (χ1v) is 9.88. The van der Waals surface area contributed by atoms with Crippen LogP contribution in [0.3, 0.4) is 0 Å². The predicted molar refractivity (Wildman–Crippen MR) is 109 cm³/mol. The first-order chi connectivity index (χ1) is 13.3. The minimum absolute atomic E-state index is 0.120. The maximum absolute atomic E-state index is 12.2. The Bertz CT molecular complexity index is 1060. The average molecular weight is 416 g/mol. The van der Waals surface area contributed by atoms with E-state index in [2.05, 4.69) is 15.6 Å². The number of nitro benzene ring substituents is 1. The highest BCUT2D eigenvalue weighted by Crippen LogP contribution is 2.30. The average Bonchev–Trinajstić information content (AvgIpc) is 3.28. The van der Waals surface area contributed by atoms with Crippen molar-refractivity contribution in [2.45, 2.75) is 13.8 Å². The van der Waals surface area contributed by atoms with E-state index in [4.69, 9.17) is 0 Å². The number of hydrogen-bond acceptors (Lipinski definition) is 7. The van der Waals surface area contributed by atoms with Crippen LogP contribution in [0.25, 0.3) is 10.6 Å². The minimum Gasteiger partial charge on any atom is -0.343 e. The van der Waals surface area contributed by atoms with Gasteiger partial charge >= 0.3 is 0 Å². The van der Waals surface area contributed by atoms with Crippen LogP contribution >= 0.6 is 22.7 Å². The molecule has 0 radical (unpaired) electrons. The van der Waals surface area contributed by atoms with Crippen molar-refractivity contribution < 1.29 is 14.5 Å². The third-order valence-corrected chi connectivity index (χ3v) is 5.60. The maximum atomic E-state index is 12.2. The van der Waals surface area contributed by atoms with E-state index >= 15 is 0 Å². The smallest absolute Gasteiger partial charge is 0.273 e. The van der Waals surface area contributed by atoms with Crippen molar-refractivity contribution in [3.05, 3.63) is 61.8 Å². The summed E-state index contributed by atoms with van der Waals surface area (Å²) >= 11 is 2.91. The number of thiazole rings is 1. The SMILES string of the molecule is Cc1ccc(-c2csc(NC(=O)CNC(=O)c3ccc(C)c([N+](=O)[O-])c3)n2)s1. The van der Waals surface area contributed by atoms with Gasteiger partial charge in [-0.15, -0.1) is 22.7 Å². The Balaban J connectivity index is 1.57. The van der Waals surface area contributed by atoms with E-state index in [1.54, 1.807) is 18.3 Å². The van der Waals surface area contributed by atoms with Gasteiger partial charge in [0.2, 0.25) is 5.91 Å². The largest absolute Gasteiger partial charge is 0.343 e. The molecule has 0 unspecified atom stereocenters. The van der Waals surface area contributed by atoms with Crippen LogP contribution in [0.15, 0.2) is 35.7 Å². The molecule has 0 saturated heterocycles. The fraction of sp³-hybridized carbons (Fsp3) is 0.167. The van der Waals surface area contributed by atoms with Gasteiger partial charge in [0.25, 0.3) is 11.6 Å². The number of benzene rings is 1. The first kappa shape index (κ1) is 19.6. The number of aromatic nitrogens is 1. The Morgan fingerprint density at radius 3 is 2.68 bits per heavy atom. The molecule has 0 aliphatic rings. The molecule has 144 valence electrons. The first-order valence-electron chi connectivity index (χ1n) is 8.19. The van der Waals surface area contributed by atoms with Crippen LogP contribution in [0, 0.1) is 24.0 Å². The van der Waals surface area contributed by atoms with Crippen molar-refractivity contribution in [2.75, 3.05) is 11.9 Å². The summed E-state index contributed by atoms with van der Waals surface area (Å²) in [5.41, 5.74) is 1.22. The summed E-state index contributed by atoms with van der Waals surface area (Å²) in [5.74, 6) is -0.995. The number of carbonyl (C=O) groups excluding carboxylic acids is 2. The van der Waals surface area contributed by atoms with Gasteiger partial charge in [-0.25, -0.2) is 4.98 Å². The van der Waals surface area contributed by atoms with Gasteiger partial charge < -0.3 is 10.6 Å². The molecule has 0 aliphatic carbocycles. The van der Waals surface area contributed by atoms with Gasteiger partial charge in [0.15, 0.2) is 5.13 Å². The number of amides is 2. The molecule has 2 amide bonds. The van der Waals surface area contributed by atoms with Gasteiger partial charge in [-0.05, 0) is 32.0 Å². The minimum atomic E-state index is -0.563. The molecule has 0 spiro atoms. The second kappa shape index (κ2) is 8.28. The molecule has 3 aromatic rings. The van der Waals surface area contributed by atoms with Crippen molar-refractivity contribution in [1.82, 2.24) is 10.3 Å². The zero-order valence-corrected chi connectivity index (χ0v) is 16.6. The molecule has 1 aromatic carbocycles. The maximum Gasteiger partial charge on any atom is 0.273 e. The Morgan fingerprint density at radius 2 is 2.00 bits per heavy atom. The standard InChI is InChI=1S/C18H16N4O4S2/c1-10-3-5-12(7-14(10)22(25)26)17(24)19-8-16(23)21-18-20-13(9-27-18)15-6-4-11(2)28-15/h3-7,9H,8H2,1-2H3,(H,19,24)(H,20,21,23). The van der Waals surface area contributed by atoms with E-state index in [0.29, 0.717) is 10.7 Å². The number of nitrogens with one attached hydrogen (secondary N) is 2. The van der Waals surface area contributed by atoms with Crippen molar-refractivity contribution in [3.8, 4) is 10.6 Å². The van der Waals surface area contributed by atoms with Crippen molar-refractivity contribution in [1.29, 1.82) is 0 Å². The second-order valence-electron chi connectivity index (χ2n) is 5.94. The number of thiophene rings is 1. The topological polar surface area (TPSA) is 114 Å². The van der Waals surface area contributed by atoms with Crippen LogP contribution in [-0.4, -0.2) is 28.3 Å². The highest BCUT2D eigenvalue weighted by molar-refractivity contribution is 7.17. The predicted octanol–water partition coefficient (Wildman–Crippen LogP) is 3.77. The van der Waals surface area contributed by atoms with Gasteiger partial charge in [0, 0.05) is 27.5 Å². The molecule has 0 bridgehead atoms. The van der Waals surface area contributed by atoms with Crippen LogP contribution in [0.2, 0.25) is 0 Å². The Kier molecular flexibility index (Phi) is 5.81. The van der Waals surface area contributed by atoms with Crippen LogP contribution in [0.5, 0.6) is 0 Å². The molecular weight excluding hydrogens is 400 g/mol. The second-order valence-corrected chi connectivity index (χ2v) is 8.08. The number of aryl methyl sites for hydroxylation is 2. The van der Waals surface area contributed by atoms with Gasteiger partial charge in [-0.1, -0.05) is 6.07 Å². The molecule has 10 heteroatoms. The van der Waals surface area contributed by atoms with Gasteiger partial charge in [0.1, 0.15) is 0 Å². The van der Waals surface area contributed by atoms with Crippen LogP contribution in [-0.2, 0) is 4.79 Å². The Labute approximate surface area is 168 Å². The lowest BCUT2D eigenvalue weighted by Gasteiger charge is -2.06. The van der Waals surface area contributed by atoms with Crippen LogP contribution in [0.4, 0.5) is 10.8 Å². The van der Waals surface area contributed by atoms with E-state index in [0.717, 1.165) is 10.6 Å². The summed E-state index contributed by atoms with van der Waals surface area (Å²) in [6, 6.07) is 8.14. The molecule has 0 saturated carbocycles. The quantitative estimate of drug-likeness (QED) is 0.469.